The second-order valence-corrected chi connectivity index (χ2v) is 4.05. The third-order valence-electron chi connectivity index (χ3n) is 2.99. The number of carbonyl (C=O) groups excluding carboxylic acids is 1. The molecule has 0 atom stereocenters. The lowest BCUT2D eigenvalue weighted by molar-refractivity contribution is -0.142. The first-order valence-corrected chi connectivity index (χ1v) is 4.98. The van der Waals surface area contributed by atoms with Crippen LogP contribution in [0.5, 0.6) is 0 Å². The maximum atomic E-state index is 11.1. The summed E-state index contributed by atoms with van der Waals surface area (Å²) in [6.45, 7) is 0. The van der Waals surface area contributed by atoms with Crippen molar-refractivity contribution in [1.82, 2.24) is 0 Å². The third kappa shape index (κ3) is 2.96. The minimum atomic E-state index is -0.373. The predicted octanol–water partition coefficient (Wildman–Crippen LogP) is 0.836. The van der Waals surface area contributed by atoms with E-state index in [0.717, 1.165) is 25.7 Å². The minimum Gasteiger partial charge on any atom is -0.469 e. The summed E-state index contributed by atoms with van der Waals surface area (Å²) in [5.74, 6) is -0.219. The summed E-state index contributed by atoms with van der Waals surface area (Å²) in [6, 6.07) is 0. The van der Waals surface area contributed by atoms with Gasteiger partial charge in [-0.2, -0.15) is 0 Å². The molecule has 14 heavy (non-hydrogen) atoms. The van der Waals surface area contributed by atoms with Gasteiger partial charge in [0.1, 0.15) is 0 Å². The highest BCUT2D eigenvalue weighted by molar-refractivity contribution is 5.70. The van der Waals surface area contributed by atoms with Crippen molar-refractivity contribution >= 4 is 5.97 Å². The lowest BCUT2D eigenvalue weighted by atomic mass is 9.79. The zero-order chi connectivity index (χ0) is 10.6. The van der Waals surface area contributed by atoms with E-state index < -0.39 is 0 Å². The van der Waals surface area contributed by atoms with Crippen LogP contribution in [0.2, 0.25) is 0 Å². The molecule has 0 radical (unpaired) electrons. The van der Waals surface area contributed by atoms with Crippen molar-refractivity contribution in [2.24, 2.45) is 5.73 Å². The highest BCUT2D eigenvalue weighted by Gasteiger charge is 2.33. The third-order valence-corrected chi connectivity index (χ3v) is 2.99. The molecule has 1 fully saturated rings. The van der Waals surface area contributed by atoms with Crippen molar-refractivity contribution in [2.75, 3.05) is 14.2 Å². The van der Waals surface area contributed by atoms with E-state index in [9.17, 15) is 4.79 Å². The van der Waals surface area contributed by atoms with E-state index in [1.165, 1.54) is 7.11 Å². The molecule has 4 nitrogen and oxygen atoms in total. The van der Waals surface area contributed by atoms with Gasteiger partial charge in [0.2, 0.25) is 0 Å². The molecule has 1 aliphatic rings. The zero-order valence-electron chi connectivity index (χ0n) is 8.91. The summed E-state index contributed by atoms with van der Waals surface area (Å²) in [5, 5.41) is 0. The summed E-state index contributed by atoms with van der Waals surface area (Å²) in [4.78, 5) is 11.1. The Morgan fingerprint density at radius 1 is 1.43 bits per heavy atom. The Hall–Kier alpha value is -0.610. The molecule has 0 unspecified atom stereocenters. The molecule has 1 aliphatic carbocycles. The monoisotopic (exact) mass is 201 g/mol. The number of hydrogen-bond donors (Lipinski definition) is 1. The second kappa shape index (κ2) is 4.75. The van der Waals surface area contributed by atoms with Crippen LogP contribution in [0.25, 0.3) is 0 Å². The van der Waals surface area contributed by atoms with Crippen LogP contribution in [-0.2, 0) is 14.3 Å². The van der Waals surface area contributed by atoms with Crippen molar-refractivity contribution in [1.29, 1.82) is 0 Å². The fraction of sp³-hybridized carbons (Fsp3) is 0.900. The number of carbonyl (C=O) groups is 1. The van der Waals surface area contributed by atoms with Crippen LogP contribution in [-0.4, -0.2) is 31.8 Å². The van der Waals surface area contributed by atoms with Crippen LogP contribution in [0, 0.1) is 0 Å². The van der Waals surface area contributed by atoms with Gasteiger partial charge >= 0.3 is 5.97 Å². The SMILES string of the molecule is COC(=O)CC1(N)CCC(OC)CC1. The first-order valence-electron chi connectivity index (χ1n) is 4.98. The molecular weight excluding hydrogens is 182 g/mol. The molecule has 0 aliphatic heterocycles. The average Bonchev–Trinajstić information content (AvgIpc) is 2.18. The molecule has 0 aromatic carbocycles. The van der Waals surface area contributed by atoms with E-state index >= 15 is 0 Å². The van der Waals surface area contributed by atoms with E-state index in [4.69, 9.17) is 10.5 Å². The molecule has 82 valence electrons. The summed E-state index contributed by atoms with van der Waals surface area (Å²) >= 11 is 0. The van der Waals surface area contributed by atoms with Crippen LogP contribution >= 0.6 is 0 Å². The number of ether oxygens (including phenoxy) is 2. The van der Waals surface area contributed by atoms with Gasteiger partial charge in [0, 0.05) is 12.6 Å². The Morgan fingerprint density at radius 3 is 2.43 bits per heavy atom. The fourth-order valence-electron chi connectivity index (χ4n) is 1.94. The number of esters is 1. The summed E-state index contributed by atoms with van der Waals surface area (Å²) < 4.78 is 9.87. The Balaban J connectivity index is 2.41. The smallest absolute Gasteiger partial charge is 0.307 e. The van der Waals surface area contributed by atoms with Gasteiger partial charge in [-0.25, -0.2) is 0 Å². The molecular formula is C10H19NO3. The Morgan fingerprint density at radius 2 is 2.00 bits per heavy atom. The van der Waals surface area contributed by atoms with Crippen LogP contribution < -0.4 is 5.73 Å². The Kier molecular flexibility index (Phi) is 3.89. The molecule has 0 saturated heterocycles. The van der Waals surface area contributed by atoms with Gasteiger partial charge < -0.3 is 15.2 Å². The number of rotatable bonds is 3. The number of methoxy groups -OCH3 is 2. The van der Waals surface area contributed by atoms with Gasteiger partial charge in [-0.05, 0) is 25.7 Å². The first kappa shape index (κ1) is 11.5. The van der Waals surface area contributed by atoms with E-state index in [1.807, 2.05) is 0 Å². The number of hydrogen-bond acceptors (Lipinski definition) is 4. The molecule has 4 heteroatoms. The molecule has 0 aromatic heterocycles. The van der Waals surface area contributed by atoms with Crippen LogP contribution in [0.15, 0.2) is 0 Å². The highest BCUT2D eigenvalue weighted by Crippen LogP contribution is 2.30. The van der Waals surface area contributed by atoms with Crippen LogP contribution in [0.4, 0.5) is 0 Å². The van der Waals surface area contributed by atoms with Gasteiger partial charge in [0.05, 0.1) is 19.6 Å². The molecule has 0 amide bonds. The molecule has 0 spiro atoms. The predicted molar refractivity (Wildman–Crippen MR) is 52.8 cm³/mol. The zero-order valence-corrected chi connectivity index (χ0v) is 8.91. The molecule has 1 saturated carbocycles. The largest absolute Gasteiger partial charge is 0.469 e. The van der Waals surface area contributed by atoms with E-state index in [-0.39, 0.29) is 11.5 Å². The summed E-state index contributed by atoms with van der Waals surface area (Å²) in [7, 11) is 3.11. The van der Waals surface area contributed by atoms with Crippen LogP contribution in [0.1, 0.15) is 32.1 Å². The average molecular weight is 201 g/mol. The Labute approximate surface area is 84.7 Å². The minimum absolute atomic E-state index is 0.219. The summed E-state index contributed by atoms with van der Waals surface area (Å²) in [6.07, 6.45) is 4.17. The molecule has 2 N–H and O–H groups in total. The van der Waals surface area contributed by atoms with Gasteiger partial charge in [-0.3, -0.25) is 4.79 Å². The quantitative estimate of drug-likeness (QED) is 0.687. The van der Waals surface area contributed by atoms with E-state index in [2.05, 4.69) is 4.74 Å². The lowest BCUT2D eigenvalue weighted by Gasteiger charge is -2.35. The van der Waals surface area contributed by atoms with Gasteiger partial charge in [-0.1, -0.05) is 0 Å². The van der Waals surface area contributed by atoms with Gasteiger partial charge in [0.15, 0.2) is 0 Å². The van der Waals surface area contributed by atoms with Gasteiger partial charge in [-0.15, -0.1) is 0 Å². The second-order valence-electron chi connectivity index (χ2n) is 4.05. The van der Waals surface area contributed by atoms with Crippen molar-refractivity contribution in [3.63, 3.8) is 0 Å². The lowest BCUT2D eigenvalue weighted by Crippen LogP contribution is -2.46. The van der Waals surface area contributed by atoms with E-state index in [0.29, 0.717) is 12.5 Å². The highest BCUT2D eigenvalue weighted by atomic mass is 16.5. The normalized spacial score (nSPS) is 32.6. The van der Waals surface area contributed by atoms with Crippen molar-refractivity contribution < 1.29 is 14.3 Å². The number of nitrogens with two attached hydrogens (primary N) is 1. The fourth-order valence-corrected chi connectivity index (χ4v) is 1.94. The van der Waals surface area contributed by atoms with Crippen molar-refractivity contribution in [3.05, 3.63) is 0 Å². The Bertz CT molecular complexity index is 198. The van der Waals surface area contributed by atoms with E-state index in [1.54, 1.807) is 7.11 Å². The van der Waals surface area contributed by atoms with Gasteiger partial charge in [0.25, 0.3) is 0 Å². The van der Waals surface area contributed by atoms with Crippen molar-refractivity contribution in [3.8, 4) is 0 Å². The first-order chi connectivity index (χ1) is 6.59. The molecule has 0 aromatic rings. The topological polar surface area (TPSA) is 61.5 Å². The van der Waals surface area contributed by atoms with Crippen LogP contribution in [0.3, 0.4) is 0 Å². The van der Waals surface area contributed by atoms with Crippen molar-refractivity contribution in [2.45, 2.75) is 43.7 Å². The molecule has 1 rings (SSSR count). The molecule has 0 bridgehead atoms. The maximum Gasteiger partial charge on any atom is 0.307 e. The standard InChI is InChI=1S/C10H19NO3/c1-13-8-3-5-10(11,6-4-8)7-9(12)14-2/h8H,3-7,11H2,1-2H3. The molecule has 0 heterocycles. The maximum absolute atomic E-state index is 11.1. The summed E-state index contributed by atoms with van der Waals surface area (Å²) in [5.41, 5.74) is 5.72.